The molecule has 18 heavy (non-hydrogen) atoms. The Morgan fingerprint density at radius 1 is 1.44 bits per heavy atom. The van der Waals surface area contributed by atoms with E-state index in [9.17, 15) is 13.2 Å². The van der Waals surface area contributed by atoms with Crippen LogP contribution in [0.1, 0.15) is 13.3 Å². The molecule has 0 spiro atoms. The molecule has 0 saturated carbocycles. The van der Waals surface area contributed by atoms with Crippen LogP contribution in [0.25, 0.3) is 0 Å². The Kier molecular flexibility index (Phi) is 4.98. The molecule has 1 aromatic carbocycles. The van der Waals surface area contributed by atoms with Gasteiger partial charge < -0.3 is 11.1 Å². The maximum absolute atomic E-state index is 11.6. The molecule has 1 rings (SSSR count). The Morgan fingerprint density at radius 2 is 2.11 bits per heavy atom. The van der Waals surface area contributed by atoms with Crippen LogP contribution in [-0.4, -0.2) is 25.8 Å². The Hall–Kier alpha value is -1.27. The smallest absolute Gasteiger partial charge is 0.239 e. The molecule has 0 fully saturated rings. The predicted molar refractivity (Wildman–Crippen MR) is 73.4 cm³/mol. The summed E-state index contributed by atoms with van der Waals surface area (Å²) >= 11 is 5.71. The lowest BCUT2D eigenvalue weighted by Gasteiger charge is -2.08. The lowest BCUT2D eigenvalue weighted by Crippen LogP contribution is -2.24. The second kappa shape index (κ2) is 6.06. The molecule has 0 aliphatic rings. The SMILES string of the molecule is CCCS(=O)(=O)CC(=O)Nc1ccc(Cl)cc1N. The van der Waals surface area contributed by atoms with E-state index in [4.69, 9.17) is 17.3 Å². The lowest BCUT2D eigenvalue weighted by atomic mass is 10.2. The van der Waals surface area contributed by atoms with Crippen molar-refractivity contribution in [3.63, 3.8) is 0 Å². The summed E-state index contributed by atoms with van der Waals surface area (Å²) in [6.45, 7) is 1.74. The number of amides is 1. The van der Waals surface area contributed by atoms with E-state index in [-0.39, 0.29) is 5.75 Å². The normalized spacial score (nSPS) is 11.2. The number of sulfone groups is 1. The fourth-order valence-corrected chi connectivity index (χ4v) is 2.84. The minimum absolute atomic E-state index is 0.00345. The van der Waals surface area contributed by atoms with E-state index in [2.05, 4.69) is 5.32 Å². The highest BCUT2D eigenvalue weighted by molar-refractivity contribution is 7.92. The molecule has 0 bridgehead atoms. The third-order valence-electron chi connectivity index (χ3n) is 2.15. The number of nitrogens with two attached hydrogens (primary N) is 1. The number of carbonyl (C=O) groups excluding carboxylic acids is 1. The fourth-order valence-electron chi connectivity index (χ4n) is 1.42. The van der Waals surface area contributed by atoms with Crippen LogP contribution in [0.3, 0.4) is 0 Å². The molecule has 3 N–H and O–H groups in total. The molecule has 0 saturated heterocycles. The van der Waals surface area contributed by atoms with Crippen LogP contribution in [0.2, 0.25) is 5.02 Å². The Morgan fingerprint density at radius 3 is 2.67 bits per heavy atom. The molecule has 100 valence electrons. The van der Waals surface area contributed by atoms with Gasteiger partial charge in [0.15, 0.2) is 9.84 Å². The first-order chi connectivity index (χ1) is 8.34. The van der Waals surface area contributed by atoms with Gasteiger partial charge in [0.1, 0.15) is 5.75 Å². The summed E-state index contributed by atoms with van der Waals surface area (Å²) in [4.78, 5) is 11.6. The lowest BCUT2D eigenvalue weighted by molar-refractivity contribution is -0.113. The summed E-state index contributed by atoms with van der Waals surface area (Å²) in [6.07, 6.45) is 0.485. The molecule has 0 aromatic heterocycles. The summed E-state index contributed by atoms with van der Waals surface area (Å²) in [5, 5.41) is 2.90. The van der Waals surface area contributed by atoms with Gasteiger partial charge >= 0.3 is 0 Å². The zero-order chi connectivity index (χ0) is 13.8. The second-order valence-corrected chi connectivity index (χ2v) is 6.49. The molecule has 0 atom stereocenters. The number of rotatable bonds is 5. The van der Waals surface area contributed by atoms with Gasteiger partial charge in [-0.3, -0.25) is 4.79 Å². The molecule has 1 amide bonds. The Bertz CT molecular complexity index is 543. The quantitative estimate of drug-likeness (QED) is 0.808. The maximum atomic E-state index is 11.6. The zero-order valence-corrected chi connectivity index (χ0v) is 11.5. The molecule has 0 radical (unpaired) electrons. The highest BCUT2D eigenvalue weighted by Crippen LogP contribution is 2.22. The monoisotopic (exact) mass is 290 g/mol. The van der Waals surface area contributed by atoms with Crippen molar-refractivity contribution >= 4 is 38.7 Å². The third-order valence-corrected chi connectivity index (χ3v) is 4.12. The van der Waals surface area contributed by atoms with Gasteiger partial charge in [-0.2, -0.15) is 0 Å². The van der Waals surface area contributed by atoms with Gasteiger partial charge in [0.25, 0.3) is 0 Å². The van der Waals surface area contributed by atoms with Gasteiger partial charge in [-0.25, -0.2) is 8.42 Å². The molecular formula is C11H15ClN2O3S. The highest BCUT2D eigenvalue weighted by atomic mass is 35.5. The Balaban J connectivity index is 2.71. The number of carbonyl (C=O) groups is 1. The van der Waals surface area contributed by atoms with E-state index < -0.39 is 21.5 Å². The van der Waals surface area contributed by atoms with Gasteiger partial charge in [0.2, 0.25) is 5.91 Å². The average molecular weight is 291 g/mol. The zero-order valence-electron chi connectivity index (χ0n) is 9.94. The van der Waals surface area contributed by atoms with Crippen molar-refractivity contribution in [1.82, 2.24) is 0 Å². The van der Waals surface area contributed by atoms with Crippen molar-refractivity contribution in [2.75, 3.05) is 22.6 Å². The van der Waals surface area contributed by atoms with Crippen LogP contribution in [0.5, 0.6) is 0 Å². The molecule has 0 heterocycles. The van der Waals surface area contributed by atoms with Crippen LogP contribution >= 0.6 is 11.6 Å². The van der Waals surface area contributed by atoms with Gasteiger partial charge in [-0.15, -0.1) is 0 Å². The molecule has 0 aliphatic heterocycles. The molecule has 5 nitrogen and oxygen atoms in total. The number of hydrogen-bond acceptors (Lipinski definition) is 4. The molecule has 7 heteroatoms. The fraction of sp³-hybridized carbons (Fsp3) is 0.364. The van der Waals surface area contributed by atoms with Crippen LogP contribution in [0.15, 0.2) is 18.2 Å². The van der Waals surface area contributed by atoms with E-state index in [1.165, 1.54) is 12.1 Å². The minimum atomic E-state index is -3.35. The van der Waals surface area contributed by atoms with E-state index in [1.807, 2.05) is 0 Å². The van der Waals surface area contributed by atoms with Gasteiger partial charge in [-0.05, 0) is 24.6 Å². The average Bonchev–Trinajstić information content (AvgIpc) is 2.21. The van der Waals surface area contributed by atoms with Crippen LogP contribution in [0, 0.1) is 0 Å². The van der Waals surface area contributed by atoms with E-state index in [1.54, 1.807) is 13.0 Å². The number of benzene rings is 1. The van der Waals surface area contributed by atoms with Gasteiger partial charge in [0, 0.05) is 5.02 Å². The first kappa shape index (κ1) is 14.8. The van der Waals surface area contributed by atoms with Crippen molar-refractivity contribution in [1.29, 1.82) is 0 Å². The number of nitrogen functional groups attached to an aromatic ring is 1. The topological polar surface area (TPSA) is 89.3 Å². The van der Waals surface area contributed by atoms with Gasteiger partial charge in [0.05, 0.1) is 17.1 Å². The van der Waals surface area contributed by atoms with E-state index in [0.717, 1.165) is 0 Å². The largest absolute Gasteiger partial charge is 0.397 e. The molecule has 0 unspecified atom stereocenters. The highest BCUT2D eigenvalue weighted by Gasteiger charge is 2.16. The number of hydrogen-bond donors (Lipinski definition) is 2. The summed E-state index contributed by atoms with van der Waals surface area (Å²) in [6, 6.07) is 4.58. The Labute approximate surface area is 111 Å². The van der Waals surface area contributed by atoms with Crippen LogP contribution < -0.4 is 11.1 Å². The second-order valence-electron chi connectivity index (χ2n) is 3.87. The number of anilines is 2. The third kappa shape index (κ3) is 4.54. The van der Waals surface area contributed by atoms with E-state index >= 15 is 0 Å². The van der Waals surface area contributed by atoms with E-state index in [0.29, 0.717) is 22.8 Å². The summed E-state index contributed by atoms with van der Waals surface area (Å²) in [5.41, 5.74) is 6.30. The molecule has 0 aliphatic carbocycles. The van der Waals surface area contributed by atoms with Crippen molar-refractivity contribution in [3.8, 4) is 0 Å². The minimum Gasteiger partial charge on any atom is -0.397 e. The summed E-state index contributed by atoms with van der Waals surface area (Å²) in [5.74, 6) is -1.14. The van der Waals surface area contributed by atoms with Crippen molar-refractivity contribution in [2.45, 2.75) is 13.3 Å². The standard InChI is InChI=1S/C11H15ClN2O3S/c1-2-5-18(16,17)7-11(15)14-10-4-3-8(12)6-9(10)13/h3-4,6H,2,5,7,13H2,1H3,(H,14,15). The maximum Gasteiger partial charge on any atom is 0.239 e. The van der Waals surface area contributed by atoms with Crippen LogP contribution in [0.4, 0.5) is 11.4 Å². The number of halogens is 1. The van der Waals surface area contributed by atoms with Crippen molar-refractivity contribution in [2.24, 2.45) is 0 Å². The molecular weight excluding hydrogens is 276 g/mol. The molecule has 1 aromatic rings. The summed E-state index contributed by atoms with van der Waals surface area (Å²) < 4.78 is 22.9. The predicted octanol–water partition coefficient (Wildman–Crippen LogP) is 1.69. The first-order valence-electron chi connectivity index (χ1n) is 5.39. The summed E-state index contributed by atoms with van der Waals surface area (Å²) in [7, 11) is -3.35. The number of nitrogens with one attached hydrogen (secondary N) is 1. The first-order valence-corrected chi connectivity index (χ1v) is 7.59. The van der Waals surface area contributed by atoms with Crippen LogP contribution in [-0.2, 0) is 14.6 Å². The van der Waals surface area contributed by atoms with Crippen molar-refractivity contribution < 1.29 is 13.2 Å². The van der Waals surface area contributed by atoms with Crippen molar-refractivity contribution in [3.05, 3.63) is 23.2 Å². The van der Waals surface area contributed by atoms with Gasteiger partial charge in [-0.1, -0.05) is 18.5 Å².